The van der Waals surface area contributed by atoms with Crippen LogP contribution in [0, 0.1) is 0 Å². The van der Waals surface area contributed by atoms with E-state index in [4.69, 9.17) is 4.43 Å². The number of aliphatic hydroxyl groups excluding tert-OH is 2. The molecule has 1 aromatic rings. The first-order chi connectivity index (χ1) is 8.15. The molecule has 3 nitrogen and oxygen atoms in total. The Morgan fingerprint density at radius 1 is 1.33 bits per heavy atom. The maximum atomic E-state index is 9.97. The van der Waals surface area contributed by atoms with Crippen molar-refractivity contribution < 1.29 is 14.6 Å². The molecule has 0 fully saturated rings. The lowest BCUT2D eigenvalue weighted by molar-refractivity contribution is -0.0103. The third-order valence-corrected chi connectivity index (χ3v) is 9.06. The summed E-state index contributed by atoms with van der Waals surface area (Å²) in [5.41, 5.74) is 0. The molecule has 0 radical (unpaired) electrons. The third-order valence-electron chi connectivity index (χ3n) is 3.62. The van der Waals surface area contributed by atoms with Gasteiger partial charge in [-0.3, -0.25) is 0 Å². The zero-order valence-corrected chi connectivity index (χ0v) is 13.6. The molecule has 0 spiro atoms. The number of aliphatic hydroxyl groups is 2. The van der Waals surface area contributed by atoms with Gasteiger partial charge in [0.2, 0.25) is 0 Å². The molecule has 18 heavy (non-hydrogen) atoms. The highest BCUT2D eigenvalue weighted by Gasteiger charge is 2.38. The second-order valence-electron chi connectivity index (χ2n) is 6.10. The summed E-state index contributed by atoms with van der Waals surface area (Å²) in [6.45, 7) is 10.9. The lowest BCUT2D eigenvalue weighted by Gasteiger charge is -2.37. The largest absolute Gasteiger partial charge is 0.414 e. The highest BCUT2D eigenvalue weighted by atomic mass is 32.1. The van der Waals surface area contributed by atoms with Gasteiger partial charge in [-0.25, -0.2) is 0 Å². The molecule has 104 valence electrons. The van der Waals surface area contributed by atoms with Crippen molar-refractivity contribution in [3.8, 4) is 0 Å². The fourth-order valence-electron chi connectivity index (χ4n) is 1.25. The average molecular weight is 288 g/mol. The van der Waals surface area contributed by atoms with Crippen LogP contribution < -0.4 is 0 Å². The van der Waals surface area contributed by atoms with E-state index >= 15 is 0 Å². The summed E-state index contributed by atoms with van der Waals surface area (Å²) in [6.07, 6.45) is -1.72. The van der Waals surface area contributed by atoms with Crippen LogP contribution in [0.4, 0.5) is 0 Å². The fourth-order valence-corrected chi connectivity index (χ4v) is 3.04. The molecule has 5 heteroatoms. The van der Waals surface area contributed by atoms with E-state index in [9.17, 15) is 10.2 Å². The van der Waals surface area contributed by atoms with E-state index in [0.717, 1.165) is 4.88 Å². The smallest absolute Gasteiger partial charge is 0.192 e. The predicted molar refractivity (Wildman–Crippen MR) is 78.4 cm³/mol. The van der Waals surface area contributed by atoms with Crippen LogP contribution in [0.1, 0.15) is 31.8 Å². The van der Waals surface area contributed by atoms with Crippen molar-refractivity contribution in [3.05, 3.63) is 22.4 Å². The lowest BCUT2D eigenvalue weighted by atomic mass is 10.2. The van der Waals surface area contributed by atoms with Gasteiger partial charge in [0.25, 0.3) is 0 Å². The molecule has 0 aliphatic rings. The first kappa shape index (κ1) is 15.9. The fraction of sp³-hybridized carbons (Fsp3) is 0.692. The molecule has 1 rings (SSSR count). The summed E-state index contributed by atoms with van der Waals surface area (Å²) < 4.78 is 5.91. The minimum absolute atomic E-state index is 0.112. The van der Waals surface area contributed by atoms with Gasteiger partial charge >= 0.3 is 0 Å². The molecular formula is C13H24O3SSi. The van der Waals surface area contributed by atoms with Gasteiger partial charge in [0, 0.05) is 4.88 Å². The molecule has 0 saturated carbocycles. The van der Waals surface area contributed by atoms with Gasteiger partial charge in [-0.1, -0.05) is 26.8 Å². The molecule has 1 heterocycles. The molecular weight excluding hydrogens is 264 g/mol. The Bertz CT molecular complexity index is 357. The van der Waals surface area contributed by atoms with E-state index in [1.165, 1.54) is 11.3 Å². The molecule has 1 aromatic heterocycles. The second kappa shape index (κ2) is 5.84. The monoisotopic (exact) mass is 288 g/mol. The van der Waals surface area contributed by atoms with Crippen LogP contribution in [-0.2, 0) is 4.43 Å². The van der Waals surface area contributed by atoms with Gasteiger partial charge in [0.05, 0.1) is 6.61 Å². The minimum Gasteiger partial charge on any atom is -0.414 e. The standard InChI is InChI=1S/C13H24O3SSi/c1-13(2,3)18(4,5)16-9-10(14)12(15)11-7-6-8-17-11/h6-8,10,12,14-15H,9H2,1-5H3. The van der Waals surface area contributed by atoms with Gasteiger partial charge in [-0.05, 0) is 29.6 Å². The van der Waals surface area contributed by atoms with Crippen LogP contribution in [0.15, 0.2) is 17.5 Å². The van der Waals surface area contributed by atoms with E-state index in [2.05, 4.69) is 33.9 Å². The Labute approximate surface area is 115 Å². The molecule has 0 aliphatic carbocycles. The van der Waals surface area contributed by atoms with Crippen molar-refractivity contribution in [1.29, 1.82) is 0 Å². The van der Waals surface area contributed by atoms with E-state index in [0.29, 0.717) is 0 Å². The summed E-state index contributed by atoms with van der Waals surface area (Å²) >= 11 is 1.44. The van der Waals surface area contributed by atoms with Gasteiger partial charge in [0.1, 0.15) is 12.2 Å². The normalized spacial score (nSPS) is 16.6. The topological polar surface area (TPSA) is 49.7 Å². The van der Waals surface area contributed by atoms with Gasteiger partial charge < -0.3 is 14.6 Å². The first-order valence-corrected chi connectivity index (χ1v) is 9.97. The van der Waals surface area contributed by atoms with Crippen molar-refractivity contribution in [1.82, 2.24) is 0 Å². The number of thiophene rings is 1. The molecule has 2 unspecified atom stereocenters. The SMILES string of the molecule is CC(C)(C)[Si](C)(C)OCC(O)C(O)c1cccs1. The Hall–Kier alpha value is -0.203. The molecule has 0 aliphatic heterocycles. The van der Waals surface area contributed by atoms with Crippen molar-refractivity contribution in [2.24, 2.45) is 0 Å². The van der Waals surface area contributed by atoms with E-state index in [-0.39, 0.29) is 11.6 Å². The average Bonchev–Trinajstić information content (AvgIpc) is 2.76. The van der Waals surface area contributed by atoms with Crippen LogP contribution in [0.25, 0.3) is 0 Å². The van der Waals surface area contributed by atoms with Crippen molar-refractivity contribution in [2.45, 2.75) is 51.1 Å². The Morgan fingerprint density at radius 3 is 2.39 bits per heavy atom. The number of hydrogen-bond acceptors (Lipinski definition) is 4. The van der Waals surface area contributed by atoms with Crippen LogP contribution in [-0.4, -0.2) is 31.2 Å². The summed E-state index contributed by atoms with van der Waals surface area (Å²) in [5.74, 6) is 0. The van der Waals surface area contributed by atoms with Crippen LogP contribution in [0.2, 0.25) is 18.1 Å². The van der Waals surface area contributed by atoms with Crippen molar-refractivity contribution in [2.75, 3.05) is 6.61 Å². The summed E-state index contributed by atoms with van der Waals surface area (Å²) in [5, 5.41) is 21.9. The van der Waals surface area contributed by atoms with Gasteiger partial charge in [-0.2, -0.15) is 0 Å². The number of rotatable bonds is 5. The predicted octanol–water partition coefficient (Wildman–Crippen LogP) is 3.16. The molecule has 0 bridgehead atoms. The maximum Gasteiger partial charge on any atom is 0.192 e. The summed E-state index contributed by atoms with van der Waals surface area (Å²) in [4.78, 5) is 0.779. The van der Waals surface area contributed by atoms with Gasteiger partial charge in [-0.15, -0.1) is 11.3 Å². The molecule has 0 amide bonds. The molecule has 2 atom stereocenters. The van der Waals surface area contributed by atoms with Crippen molar-refractivity contribution in [3.63, 3.8) is 0 Å². The van der Waals surface area contributed by atoms with E-state index in [1.54, 1.807) is 0 Å². The van der Waals surface area contributed by atoms with Crippen LogP contribution in [0.3, 0.4) is 0 Å². The number of hydrogen-bond donors (Lipinski definition) is 2. The zero-order chi connectivity index (χ0) is 14.0. The minimum atomic E-state index is -1.87. The quantitative estimate of drug-likeness (QED) is 0.818. The Morgan fingerprint density at radius 2 is 1.94 bits per heavy atom. The van der Waals surface area contributed by atoms with Crippen LogP contribution in [0.5, 0.6) is 0 Å². The third kappa shape index (κ3) is 3.90. The van der Waals surface area contributed by atoms with Gasteiger partial charge in [0.15, 0.2) is 8.32 Å². The van der Waals surface area contributed by atoms with E-state index in [1.807, 2.05) is 17.5 Å². The second-order valence-corrected chi connectivity index (χ2v) is 11.9. The highest BCUT2D eigenvalue weighted by Crippen LogP contribution is 2.37. The molecule has 2 N–H and O–H groups in total. The summed E-state index contributed by atoms with van der Waals surface area (Å²) in [6, 6.07) is 3.69. The maximum absolute atomic E-state index is 9.97. The van der Waals surface area contributed by atoms with Crippen molar-refractivity contribution >= 4 is 19.7 Å². The Balaban J connectivity index is 2.54. The lowest BCUT2D eigenvalue weighted by Crippen LogP contribution is -2.43. The first-order valence-electron chi connectivity index (χ1n) is 6.18. The Kier molecular flexibility index (Phi) is 5.14. The zero-order valence-electron chi connectivity index (χ0n) is 11.8. The van der Waals surface area contributed by atoms with E-state index < -0.39 is 20.5 Å². The molecule has 0 saturated heterocycles. The summed E-state index contributed by atoms with van der Waals surface area (Å²) in [7, 11) is -1.87. The van der Waals surface area contributed by atoms with Crippen LogP contribution >= 0.6 is 11.3 Å². The molecule has 0 aromatic carbocycles. The highest BCUT2D eigenvalue weighted by molar-refractivity contribution is 7.10.